The van der Waals surface area contributed by atoms with E-state index in [0.717, 1.165) is 54.3 Å². The summed E-state index contributed by atoms with van der Waals surface area (Å²) in [5.74, 6) is 0.814. The molecule has 6 nitrogen and oxygen atoms in total. The number of hydrogen-bond donors (Lipinski definition) is 2. The Morgan fingerprint density at radius 2 is 1.96 bits per heavy atom. The smallest absolute Gasteiger partial charge is 0.319 e. The number of nitrogens with one attached hydrogen (secondary N) is 2. The summed E-state index contributed by atoms with van der Waals surface area (Å²) in [6, 6.07) is 15.0. The van der Waals surface area contributed by atoms with Crippen molar-refractivity contribution in [3.8, 4) is 5.75 Å². The molecule has 144 valence electrons. The van der Waals surface area contributed by atoms with Gasteiger partial charge in [-0.1, -0.05) is 24.3 Å². The van der Waals surface area contributed by atoms with Crippen LogP contribution in [0.4, 0.5) is 10.5 Å². The van der Waals surface area contributed by atoms with Gasteiger partial charge in [0.05, 0.1) is 18.9 Å². The summed E-state index contributed by atoms with van der Waals surface area (Å²) < 4.78 is 12.0. The molecule has 1 heterocycles. The van der Waals surface area contributed by atoms with Crippen molar-refractivity contribution in [1.29, 1.82) is 0 Å². The zero-order valence-electron chi connectivity index (χ0n) is 15.1. The minimum atomic E-state index is -0.250. The summed E-state index contributed by atoms with van der Waals surface area (Å²) in [6.45, 7) is 5.46. The third-order valence-electron chi connectivity index (χ3n) is 4.25. The van der Waals surface area contributed by atoms with Crippen molar-refractivity contribution < 1.29 is 14.3 Å². The second-order valence-corrected chi connectivity index (χ2v) is 7.09. The third kappa shape index (κ3) is 6.53. The first-order valence-electron chi connectivity index (χ1n) is 9.02. The summed E-state index contributed by atoms with van der Waals surface area (Å²) in [5, 5.41) is 5.68. The number of nitrogens with zero attached hydrogens (tertiary/aromatic N) is 1. The minimum Gasteiger partial charge on any atom is -0.492 e. The standard InChI is InChI=1S/C20H24BrN3O3/c21-18-6-1-2-7-19(18)23-20(25)22-15-16-4-3-5-17(14-16)27-13-10-24-8-11-26-12-9-24/h1-7,14H,8-13,15H2,(H2,22,23,25). The molecule has 0 spiro atoms. The van der Waals surface area contributed by atoms with Crippen LogP contribution < -0.4 is 15.4 Å². The van der Waals surface area contributed by atoms with Crippen LogP contribution in [0.3, 0.4) is 0 Å². The Hall–Kier alpha value is -2.09. The number of carbonyl (C=O) groups is 1. The Bertz CT molecular complexity index is 751. The topological polar surface area (TPSA) is 62.8 Å². The van der Waals surface area contributed by atoms with E-state index in [0.29, 0.717) is 13.2 Å². The predicted octanol–water partition coefficient (Wildman–Crippen LogP) is 3.48. The highest BCUT2D eigenvalue weighted by Crippen LogP contribution is 2.21. The molecule has 2 aromatic carbocycles. The monoisotopic (exact) mass is 433 g/mol. The van der Waals surface area contributed by atoms with E-state index in [-0.39, 0.29) is 6.03 Å². The molecule has 1 aliphatic heterocycles. The molecule has 0 atom stereocenters. The Labute approximate surface area is 168 Å². The van der Waals surface area contributed by atoms with Gasteiger partial charge in [-0.15, -0.1) is 0 Å². The fraction of sp³-hybridized carbons (Fsp3) is 0.350. The maximum atomic E-state index is 12.1. The van der Waals surface area contributed by atoms with Crippen LogP contribution in [0, 0.1) is 0 Å². The molecule has 0 aromatic heterocycles. The second kappa shape index (κ2) is 10.3. The molecule has 0 aliphatic carbocycles. The van der Waals surface area contributed by atoms with E-state index in [1.54, 1.807) is 0 Å². The van der Waals surface area contributed by atoms with E-state index in [1.165, 1.54) is 0 Å². The number of rotatable bonds is 7. The molecule has 2 N–H and O–H groups in total. The summed E-state index contributed by atoms with van der Waals surface area (Å²) in [7, 11) is 0. The van der Waals surface area contributed by atoms with Gasteiger partial charge in [-0.2, -0.15) is 0 Å². The number of halogens is 1. The molecule has 0 radical (unpaired) electrons. The van der Waals surface area contributed by atoms with E-state index >= 15 is 0 Å². The van der Waals surface area contributed by atoms with Crippen LogP contribution in [0.5, 0.6) is 5.75 Å². The number of anilines is 1. The number of benzene rings is 2. The highest BCUT2D eigenvalue weighted by Gasteiger charge is 2.10. The summed E-state index contributed by atoms with van der Waals surface area (Å²) in [6.07, 6.45) is 0. The van der Waals surface area contributed by atoms with Gasteiger partial charge in [0.1, 0.15) is 12.4 Å². The molecule has 1 aliphatic rings. The first-order chi connectivity index (χ1) is 13.2. The van der Waals surface area contributed by atoms with Crippen molar-refractivity contribution in [2.24, 2.45) is 0 Å². The van der Waals surface area contributed by atoms with Gasteiger partial charge < -0.3 is 20.1 Å². The number of morpholine rings is 1. The Morgan fingerprint density at radius 1 is 1.15 bits per heavy atom. The van der Waals surface area contributed by atoms with Crippen LogP contribution in [-0.2, 0) is 11.3 Å². The van der Waals surface area contributed by atoms with Crippen LogP contribution in [0.15, 0.2) is 53.0 Å². The molecular weight excluding hydrogens is 410 g/mol. The Morgan fingerprint density at radius 3 is 2.78 bits per heavy atom. The van der Waals surface area contributed by atoms with Crippen LogP contribution in [0.2, 0.25) is 0 Å². The van der Waals surface area contributed by atoms with Gasteiger partial charge in [-0.25, -0.2) is 4.79 Å². The Balaban J connectivity index is 1.43. The number of carbonyl (C=O) groups excluding carboxylic acids is 1. The average molecular weight is 434 g/mol. The number of ether oxygens (including phenoxy) is 2. The first-order valence-corrected chi connectivity index (χ1v) is 9.81. The van der Waals surface area contributed by atoms with E-state index in [1.807, 2.05) is 48.5 Å². The minimum absolute atomic E-state index is 0.250. The molecule has 1 saturated heterocycles. The normalized spacial score (nSPS) is 14.6. The fourth-order valence-electron chi connectivity index (χ4n) is 2.77. The molecule has 1 fully saturated rings. The lowest BCUT2D eigenvalue weighted by Crippen LogP contribution is -2.38. The fourth-order valence-corrected chi connectivity index (χ4v) is 3.16. The van der Waals surface area contributed by atoms with Crippen molar-refractivity contribution in [2.45, 2.75) is 6.54 Å². The SMILES string of the molecule is O=C(NCc1cccc(OCCN2CCOCC2)c1)Nc1ccccc1Br. The molecule has 27 heavy (non-hydrogen) atoms. The second-order valence-electron chi connectivity index (χ2n) is 6.24. The zero-order valence-corrected chi connectivity index (χ0v) is 16.7. The van der Waals surface area contributed by atoms with Crippen LogP contribution in [0.25, 0.3) is 0 Å². The third-order valence-corrected chi connectivity index (χ3v) is 4.95. The largest absolute Gasteiger partial charge is 0.492 e. The van der Waals surface area contributed by atoms with Gasteiger partial charge >= 0.3 is 6.03 Å². The van der Waals surface area contributed by atoms with Crippen molar-refractivity contribution >= 4 is 27.6 Å². The summed E-state index contributed by atoms with van der Waals surface area (Å²) in [4.78, 5) is 14.4. The van der Waals surface area contributed by atoms with Crippen molar-refractivity contribution in [1.82, 2.24) is 10.2 Å². The number of amides is 2. The highest BCUT2D eigenvalue weighted by atomic mass is 79.9. The van der Waals surface area contributed by atoms with Gasteiger partial charge in [0.25, 0.3) is 0 Å². The molecule has 0 unspecified atom stereocenters. The number of hydrogen-bond acceptors (Lipinski definition) is 4. The van der Waals surface area contributed by atoms with Crippen LogP contribution in [-0.4, -0.2) is 50.4 Å². The maximum Gasteiger partial charge on any atom is 0.319 e. The molecule has 0 saturated carbocycles. The average Bonchev–Trinajstić information content (AvgIpc) is 2.69. The van der Waals surface area contributed by atoms with E-state index in [9.17, 15) is 4.79 Å². The quantitative estimate of drug-likeness (QED) is 0.701. The van der Waals surface area contributed by atoms with Gasteiger partial charge in [-0.05, 0) is 45.8 Å². The van der Waals surface area contributed by atoms with Gasteiger partial charge in [-0.3, -0.25) is 4.90 Å². The van der Waals surface area contributed by atoms with E-state index in [4.69, 9.17) is 9.47 Å². The summed E-state index contributed by atoms with van der Waals surface area (Å²) >= 11 is 3.41. The predicted molar refractivity (Wildman–Crippen MR) is 109 cm³/mol. The van der Waals surface area contributed by atoms with Crippen LogP contribution in [0.1, 0.15) is 5.56 Å². The Kier molecular flexibility index (Phi) is 7.50. The molecule has 2 aromatic rings. The van der Waals surface area contributed by atoms with Gasteiger partial charge in [0.2, 0.25) is 0 Å². The summed E-state index contributed by atoms with van der Waals surface area (Å²) in [5.41, 5.74) is 1.72. The van der Waals surface area contributed by atoms with Gasteiger partial charge in [0.15, 0.2) is 0 Å². The molecule has 7 heteroatoms. The molecule has 0 bridgehead atoms. The number of para-hydroxylation sites is 1. The highest BCUT2D eigenvalue weighted by molar-refractivity contribution is 9.10. The van der Waals surface area contributed by atoms with Crippen molar-refractivity contribution in [2.75, 3.05) is 44.8 Å². The van der Waals surface area contributed by atoms with E-state index < -0.39 is 0 Å². The lowest BCUT2D eigenvalue weighted by Gasteiger charge is -2.26. The zero-order chi connectivity index (χ0) is 18.9. The number of urea groups is 1. The van der Waals surface area contributed by atoms with Crippen molar-refractivity contribution in [3.63, 3.8) is 0 Å². The van der Waals surface area contributed by atoms with Crippen LogP contribution >= 0.6 is 15.9 Å². The lowest BCUT2D eigenvalue weighted by atomic mass is 10.2. The molecular formula is C20H24BrN3O3. The lowest BCUT2D eigenvalue weighted by molar-refractivity contribution is 0.0322. The maximum absolute atomic E-state index is 12.1. The molecule has 2 amide bonds. The molecule has 3 rings (SSSR count). The van der Waals surface area contributed by atoms with Crippen molar-refractivity contribution in [3.05, 3.63) is 58.6 Å². The first kappa shape index (κ1) is 19.7. The van der Waals surface area contributed by atoms with Gasteiger partial charge in [0, 0.05) is 30.7 Å². The van der Waals surface area contributed by atoms with E-state index in [2.05, 4.69) is 31.5 Å².